The summed E-state index contributed by atoms with van der Waals surface area (Å²) >= 11 is 0. The summed E-state index contributed by atoms with van der Waals surface area (Å²) in [7, 11) is 0. The Morgan fingerprint density at radius 1 is 1.38 bits per heavy atom. The third-order valence-corrected chi connectivity index (χ3v) is 2.92. The van der Waals surface area contributed by atoms with Gasteiger partial charge in [-0.15, -0.1) is 0 Å². The van der Waals surface area contributed by atoms with E-state index in [1.54, 1.807) is 0 Å². The van der Waals surface area contributed by atoms with Crippen LogP contribution in [0.25, 0.3) is 0 Å². The van der Waals surface area contributed by atoms with Crippen LogP contribution in [0, 0.1) is 0 Å². The molecule has 2 fully saturated rings. The van der Waals surface area contributed by atoms with Crippen LogP contribution in [0.1, 0.15) is 6.42 Å². The van der Waals surface area contributed by atoms with Crippen molar-refractivity contribution in [3.63, 3.8) is 0 Å². The van der Waals surface area contributed by atoms with Gasteiger partial charge in [0.05, 0.1) is 13.2 Å². The average Bonchev–Trinajstić information content (AvgIpc) is 2.54. The van der Waals surface area contributed by atoms with Gasteiger partial charge in [-0.3, -0.25) is 4.90 Å². The lowest BCUT2D eigenvalue weighted by molar-refractivity contribution is 0.0290. The quantitative estimate of drug-likeness (QED) is 0.580. The molecule has 0 aromatic carbocycles. The molecule has 0 radical (unpaired) electrons. The fourth-order valence-electron chi connectivity index (χ4n) is 2.10. The minimum absolute atomic E-state index is 0.0112. The van der Waals surface area contributed by atoms with Gasteiger partial charge in [0.15, 0.2) is 0 Å². The zero-order chi connectivity index (χ0) is 9.15. The molecule has 0 aromatic rings. The van der Waals surface area contributed by atoms with E-state index in [0.29, 0.717) is 0 Å². The van der Waals surface area contributed by atoms with Crippen LogP contribution in [0.4, 0.5) is 0 Å². The van der Waals surface area contributed by atoms with Crippen LogP contribution in [-0.2, 0) is 4.74 Å². The molecule has 2 aliphatic heterocycles. The fraction of sp³-hybridized carbons (Fsp3) is 1.00. The smallest absolute Gasteiger partial charge is 0.0594 e. The van der Waals surface area contributed by atoms with E-state index in [4.69, 9.17) is 10.5 Å². The van der Waals surface area contributed by atoms with Crippen molar-refractivity contribution in [2.24, 2.45) is 5.73 Å². The van der Waals surface area contributed by atoms with E-state index in [0.717, 1.165) is 52.4 Å². The molecule has 1 unspecified atom stereocenters. The van der Waals surface area contributed by atoms with Gasteiger partial charge in [-0.05, 0) is 13.0 Å². The number of nitrogens with one attached hydrogen (secondary N) is 1. The van der Waals surface area contributed by atoms with Crippen molar-refractivity contribution in [2.75, 3.05) is 45.9 Å². The monoisotopic (exact) mass is 185 g/mol. The number of hydrogen-bond acceptors (Lipinski definition) is 4. The molecule has 13 heavy (non-hydrogen) atoms. The van der Waals surface area contributed by atoms with Crippen molar-refractivity contribution in [3.05, 3.63) is 0 Å². The van der Waals surface area contributed by atoms with Crippen molar-refractivity contribution in [1.82, 2.24) is 10.2 Å². The number of nitrogens with zero attached hydrogens (tertiary/aromatic N) is 1. The van der Waals surface area contributed by atoms with Crippen molar-refractivity contribution < 1.29 is 4.74 Å². The van der Waals surface area contributed by atoms with Crippen LogP contribution < -0.4 is 11.1 Å². The Hall–Kier alpha value is -0.160. The topological polar surface area (TPSA) is 50.5 Å². The number of rotatable bonds is 2. The molecule has 0 amide bonds. The minimum Gasteiger partial charge on any atom is -0.379 e. The summed E-state index contributed by atoms with van der Waals surface area (Å²) in [6, 6.07) is 0. The highest BCUT2D eigenvalue weighted by atomic mass is 16.5. The van der Waals surface area contributed by atoms with E-state index in [9.17, 15) is 0 Å². The van der Waals surface area contributed by atoms with E-state index in [1.807, 2.05) is 0 Å². The second-order valence-corrected chi connectivity index (χ2v) is 4.18. The van der Waals surface area contributed by atoms with Gasteiger partial charge in [0.25, 0.3) is 0 Å². The number of morpholine rings is 1. The standard InChI is InChI=1S/C9H19N3O/c10-9(1-2-11-7-9)8-12-3-5-13-6-4-12/h11H,1-8,10H2. The molecule has 0 aromatic heterocycles. The first-order valence-corrected chi connectivity index (χ1v) is 5.08. The molecule has 0 saturated carbocycles. The highest BCUT2D eigenvalue weighted by Gasteiger charge is 2.31. The molecular weight excluding hydrogens is 166 g/mol. The Bertz CT molecular complexity index is 162. The molecule has 0 aliphatic carbocycles. The van der Waals surface area contributed by atoms with Crippen LogP contribution in [0.5, 0.6) is 0 Å². The molecule has 4 nitrogen and oxygen atoms in total. The molecule has 76 valence electrons. The maximum atomic E-state index is 6.24. The molecule has 1 atom stereocenters. The van der Waals surface area contributed by atoms with Crippen molar-refractivity contribution >= 4 is 0 Å². The third-order valence-electron chi connectivity index (χ3n) is 2.92. The molecule has 3 N–H and O–H groups in total. The van der Waals surface area contributed by atoms with Crippen LogP contribution in [0.2, 0.25) is 0 Å². The first-order chi connectivity index (χ1) is 6.29. The highest BCUT2D eigenvalue weighted by molar-refractivity contribution is 4.95. The molecule has 2 rings (SSSR count). The Kier molecular flexibility index (Phi) is 2.83. The average molecular weight is 185 g/mol. The highest BCUT2D eigenvalue weighted by Crippen LogP contribution is 2.13. The van der Waals surface area contributed by atoms with Crippen LogP contribution in [-0.4, -0.2) is 56.4 Å². The minimum atomic E-state index is 0.0112. The van der Waals surface area contributed by atoms with Crippen molar-refractivity contribution in [2.45, 2.75) is 12.0 Å². The predicted octanol–water partition coefficient (Wildman–Crippen LogP) is -0.991. The number of hydrogen-bond donors (Lipinski definition) is 2. The maximum absolute atomic E-state index is 6.24. The molecule has 2 saturated heterocycles. The van der Waals surface area contributed by atoms with E-state index >= 15 is 0 Å². The summed E-state index contributed by atoms with van der Waals surface area (Å²) in [5.41, 5.74) is 6.26. The number of nitrogens with two attached hydrogens (primary N) is 1. The van der Waals surface area contributed by atoms with Gasteiger partial charge in [-0.25, -0.2) is 0 Å². The Balaban J connectivity index is 1.81. The predicted molar refractivity (Wildman–Crippen MR) is 51.7 cm³/mol. The second kappa shape index (κ2) is 3.92. The molecule has 2 aliphatic rings. The van der Waals surface area contributed by atoms with Gasteiger partial charge in [0.2, 0.25) is 0 Å². The van der Waals surface area contributed by atoms with Gasteiger partial charge in [0, 0.05) is 31.7 Å². The Morgan fingerprint density at radius 3 is 2.77 bits per heavy atom. The lowest BCUT2D eigenvalue weighted by Crippen LogP contribution is -2.54. The second-order valence-electron chi connectivity index (χ2n) is 4.18. The molecule has 0 bridgehead atoms. The van der Waals surface area contributed by atoms with E-state index in [-0.39, 0.29) is 5.54 Å². The zero-order valence-electron chi connectivity index (χ0n) is 8.09. The van der Waals surface area contributed by atoms with Gasteiger partial charge < -0.3 is 15.8 Å². The van der Waals surface area contributed by atoms with Gasteiger partial charge >= 0.3 is 0 Å². The molecule has 0 spiro atoms. The van der Waals surface area contributed by atoms with Crippen LogP contribution in [0.15, 0.2) is 0 Å². The maximum Gasteiger partial charge on any atom is 0.0594 e. The van der Waals surface area contributed by atoms with E-state index in [1.165, 1.54) is 0 Å². The van der Waals surface area contributed by atoms with Gasteiger partial charge in [0.1, 0.15) is 0 Å². The SMILES string of the molecule is NC1(CN2CCOCC2)CCNC1. The summed E-state index contributed by atoms with van der Waals surface area (Å²) in [5.74, 6) is 0. The molecule has 2 heterocycles. The van der Waals surface area contributed by atoms with Gasteiger partial charge in [-0.2, -0.15) is 0 Å². The zero-order valence-corrected chi connectivity index (χ0v) is 8.09. The summed E-state index contributed by atoms with van der Waals surface area (Å²) in [6.07, 6.45) is 1.10. The van der Waals surface area contributed by atoms with E-state index in [2.05, 4.69) is 10.2 Å². The molecule has 4 heteroatoms. The normalized spacial score (nSPS) is 36.7. The Labute approximate surface area is 79.4 Å². The van der Waals surface area contributed by atoms with Crippen molar-refractivity contribution in [1.29, 1.82) is 0 Å². The summed E-state index contributed by atoms with van der Waals surface area (Å²) < 4.78 is 5.30. The first-order valence-electron chi connectivity index (χ1n) is 5.08. The van der Waals surface area contributed by atoms with Crippen LogP contribution in [0.3, 0.4) is 0 Å². The number of ether oxygens (including phenoxy) is 1. The van der Waals surface area contributed by atoms with Gasteiger partial charge in [-0.1, -0.05) is 0 Å². The summed E-state index contributed by atoms with van der Waals surface area (Å²) in [5, 5.41) is 3.32. The Morgan fingerprint density at radius 2 is 2.15 bits per heavy atom. The lowest BCUT2D eigenvalue weighted by atomic mass is 9.99. The summed E-state index contributed by atoms with van der Waals surface area (Å²) in [4.78, 5) is 2.41. The van der Waals surface area contributed by atoms with Crippen LogP contribution >= 0.6 is 0 Å². The first kappa shape index (κ1) is 9.40. The van der Waals surface area contributed by atoms with Crippen molar-refractivity contribution in [3.8, 4) is 0 Å². The third kappa shape index (κ3) is 2.40. The van der Waals surface area contributed by atoms with E-state index < -0.39 is 0 Å². The molecular formula is C9H19N3O. The lowest BCUT2D eigenvalue weighted by Gasteiger charge is -2.33. The fourth-order valence-corrected chi connectivity index (χ4v) is 2.10. The summed E-state index contributed by atoms with van der Waals surface area (Å²) in [6.45, 7) is 6.86. The largest absolute Gasteiger partial charge is 0.379 e.